The second-order valence-electron chi connectivity index (χ2n) is 6.50. The zero-order valence-electron chi connectivity index (χ0n) is 16.0. The molecule has 1 atom stereocenters. The SMILES string of the molecule is NC[C@H](NC(=O)C(F)(F)C(F)F)C(=O)Nc1ccc(N2CCOCC2=O)c(C(F)(F)F)c1. The third-order valence-electron chi connectivity index (χ3n) is 4.28. The quantitative estimate of drug-likeness (QED) is 0.517. The van der Waals surface area contributed by atoms with E-state index in [4.69, 9.17) is 10.5 Å². The Kier molecular flexibility index (Phi) is 7.66. The lowest BCUT2D eigenvalue weighted by Crippen LogP contribution is -2.55. The second-order valence-corrected chi connectivity index (χ2v) is 6.50. The first-order valence-corrected chi connectivity index (χ1v) is 8.86. The number of benzene rings is 1. The number of hydrogen-bond acceptors (Lipinski definition) is 5. The maximum absolute atomic E-state index is 13.5. The molecule has 0 aliphatic carbocycles. The van der Waals surface area contributed by atoms with E-state index in [0.29, 0.717) is 6.07 Å². The van der Waals surface area contributed by atoms with Gasteiger partial charge in [-0.25, -0.2) is 8.78 Å². The molecule has 8 nitrogen and oxygen atoms in total. The Labute approximate surface area is 175 Å². The van der Waals surface area contributed by atoms with Gasteiger partial charge in [0.15, 0.2) is 0 Å². The Bertz CT molecular complexity index is 879. The number of ether oxygens (including phenoxy) is 1. The maximum Gasteiger partial charge on any atom is 0.418 e. The zero-order chi connectivity index (χ0) is 24.3. The molecule has 1 aliphatic heterocycles. The Morgan fingerprint density at radius 2 is 1.84 bits per heavy atom. The molecule has 0 radical (unpaired) electrons. The highest BCUT2D eigenvalue weighted by molar-refractivity contribution is 5.99. The lowest BCUT2D eigenvalue weighted by molar-refractivity contribution is -0.170. The monoisotopic (exact) mass is 474 g/mol. The van der Waals surface area contributed by atoms with E-state index in [9.17, 15) is 45.1 Å². The summed E-state index contributed by atoms with van der Waals surface area (Å²) in [5, 5.41) is 3.27. The van der Waals surface area contributed by atoms with Crippen molar-refractivity contribution in [3.05, 3.63) is 23.8 Å². The number of rotatable bonds is 7. The number of alkyl halides is 7. The van der Waals surface area contributed by atoms with Crippen molar-refractivity contribution in [1.29, 1.82) is 0 Å². The summed E-state index contributed by atoms with van der Waals surface area (Å²) in [4.78, 5) is 36.2. The van der Waals surface area contributed by atoms with Crippen LogP contribution in [0.5, 0.6) is 0 Å². The van der Waals surface area contributed by atoms with Gasteiger partial charge in [0.2, 0.25) is 5.91 Å². The van der Waals surface area contributed by atoms with E-state index in [1.54, 1.807) is 0 Å². The van der Waals surface area contributed by atoms with Crippen molar-refractivity contribution in [3.63, 3.8) is 0 Å². The summed E-state index contributed by atoms with van der Waals surface area (Å²) in [7, 11) is 0. The number of anilines is 2. The summed E-state index contributed by atoms with van der Waals surface area (Å²) in [6, 6.07) is 0.442. The van der Waals surface area contributed by atoms with Gasteiger partial charge in [0, 0.05) is 18.8 Å². The summed E-state index contributed by atoms with van der Waals surface area (Å²) in [6.45, 7) is -1.38. The maximum atomic E-state index is 13.5. The smallest absolute Gasteiger partial charge is 0.370 e. The van der Waals surface area contributed by atoms with E-state index in [2.05, 4.69) is 0 Å². The molecule has 4 N–H and O–H groups in total. The first-order chi connectivity index (χ1) is 14.8. The summed E-state index contributed by atoms with van der Waals surface area (Å²) in [5.74, 6) is -9.63. The molecule has 1 saturated heterocycles. The summed E-state index contributed by atoms with van der Waals surface area (Å²) < 4.78 is 96.1. The third kappa shape index (κ3) is 5.64. The van der Waals surface area contributed by atoms with Crippen molar-refractivity contribution in [3.8, 4) is 0 Å². The van der Waals surface area contributed by atoms with Crippen LogP contribution in [0, 0.1) is 0 Å². The minimum atomic E-state index is -5.11. The molecule has 1 aliphatic rings. The molecule has 1 heterocycles. The number of nitrogens with two attached hydrogens (primary N) is 1. The Hall–Kier alpha value is -2.94. The first kappa shape index (κ1) is 25.3. The molecule has 2 rings (SSSR count). The van der Waals surface area contributed by atoms with E-state index >= 15 is 0 Å². The molecule has 0 saturated carbocycles. The lowest BCUT2D eigenvalue weighted by atomic mass is 10.1. The van der Waals surface area contributed by atoms with Crippen molar-refractivity contribution in [2.45, 2.75) is 24.6 Å². The Morgan fingerprint density at radius 1 is 1.19 bits per heavy atom. The van der Waals surface area contributed by atoms with Crippen LogP contribution in [-0.2, 0) is 25.3 Å². The number of carbonyl (C=O) groups is 3. The van der Waals surface area contributed by atoms with Crippen LogP contribution < -0.4 is 21.3 Å². The minimum absolute atomic E-state index is 0.00263. The Morgan fingerprint density at radius 3 is 2.38 bits per heavy atom. The first-order valence-electron chi connectivity index (χ1n) is 8.86. The van der Waals surface area contributed by atoms with Crippen LogP contribution in [0.4, 0.5) is 42.1 Å². The molecule has 1 fully saturated rings. The molecule has 0 spiro atoms. The van der Waals surface area contributed by atoms with Gasteiger partial charge in [0.05, 0.1) is 17.9 Å². The normalized spacial score (nSPS) is 16.2. The van der Waals surface area contributed by atoms with Crippen molar-refractivity contribution >= 4 is 29.1 Å². The second kappa shape index (κ2) is 9.68. The lowest BCUT2D eigenvalue weighted by Gasteiger charge is -2.29. The molecule has 3 amide bonds. The highest BCUT2D eigenvalue weighted by Crippen LogP contribution is 2.38. The molecule has 178 valence electrons. The summed E-state index contributed by atoms with van der Waals surface area (Å²) >= 11 is 0. The molecular weight excluding hydrogens is 457 g/mol. The number of carbonyl (C=O) groups excluding carboxylic acids is 3. The predicted molar refractivity (Wildman–Crippen MR) is 95.2 cm³/mol. The van der Waals surface area contributed by atoms with E-state index in [0.717, 1.165) is 17.0 Å². The highest BCUT2D eigenvalue weighted by Gasteiger charge is 2.49. The van der Waals surface area contributed by atoms with Gasteiger partial charge >= 0.3 is 18.5 Å². The van der Waals surface area contributed by atoms with E-state index in [1.165, 1.54) is 5.32 Å². The van der Waals surface area contributed by atoms with Crippen LogP contribution in [-0.4, -0.2) is 62.4 Å². The van der Waals surface area contributed by atoms with Crippen LogP contribution in [0.15, 0.2) is 18.2 Å². The van der Waals surface area contributed by atoms with Gasteiger partial charge in [-0.3, -0.25) is 14.4 Å². The van der Waals surface area contributed by atoms with Crippen LogP contribution >= 0.6 is 0 Å². The van der Waals surface area contributed by atoms with Gasteiger partial charge in [-0.05, 0) is 18.2 Å². The van der Waals surface area contributed by atoms with Gasteiger partial charge in [0.25, 0.3) is 11.8 Å². The number of halogens is 7. The van der Waals surface area contributed by atoms with Gasteiger partial charge in [-0.1, -0.05) is 0 Å². The molecule has 0 unspecified atom stereocenters. The van der Waals surface area contributed by atoms with E-state index < -0.39 is 72.4 Å². The number of amides is 3. The third-order valence-corrected chi connectivity index (χ3v) is 4.28. The average molecular weight is 474 g/mol. The van der Waals surface area contributed by atoms with Gasteiger partial charge in [-0.2, -0.15) is 22.0 Å². The zero-order valence-corrected chi connectivity index (χ0v) is 16.0. The fourth-order valence-electron chi connectivity index (χ4n) is 2.66. The van der Waals surface area contributed by atoms with Crippen LogP contribution in [0.1, 0.15) is 5.56 Å². The molecule has 32 heavy (non-hydrogen) atoms. The highest BCUT2D eigenvalue weighted by atomic mass is 19.4. The van der Waals surface area contributed by atoms with E-state index in [1.807, 2.05) is 5.32 Å². The van der Waals surface area contributed by atoms with Crippen molar-refractivity contribution in [1.82, 2.24) is 5.32 Å². The van der Waals surface area contributed by atoms with Gasteiger partial charge in [-0.15, -0.1) is 0 Å². The summed E-state index contributed by atoms with van der Waals surface area (Å²) in [5.41, 5.74) is 2.93. The molecule has 0 aromatic heterocycles. The average Bonchev–Trinajstić information content (AvgIpc) is 2.71. The number of nitrogens with one attached hydrogen (secondary N) is 2. The fraction of sp³-hybridized carbons (Fsp3) is 0.471. The van der Waals surface area contributed by atoms with Crippen molar-refractivity contribution in [2.24, 2.45) is 5.73 Å². The molecule has 1 aromatic rings. The van der Waals surface area contributed by atoms with Gasteiger partial charge in [0.1, 0.15) is 12.6 Å². The summed E-state index contributed by atoms with van der Waals surface area (Å²) in [6.07, 6.45) is -9.30. The largest absolute Gasteiger partial charge is 0.418 e. The Balaban J connectivity index is 2.25. The molecular formula is C17H17F7N4O4. The molecule has 1 aromatic carbocycles. The molecule has 15 heteroatoms. The number of morpholine rings is 1. The number of hydrogen-bond donors (Lipinski definition) is 3. The number of nitrogens with zero attached hydrogens (tertiary/aromatic N) is 1. The molecule has 0 bridgehead atoms. The van der Waals surface area contributed by atoms with Crippen molar-refractivity contribution in [2.75, 3.05) is 36.5 Å². The standard InChI is InChI=1S/C17H17F7N4O4/c18-14(19)16(20,21)15(31)27-10(6-25)13(30)26-8-1-2-11(9(5-8)17(22,23)24)28-3-4-32-7-12(28)29/h1-2,5,10,14H,3-4,6-7,25H2,(H,26,30)(H,27,31)/t10-/m0/s1. The van der Waals surface area contributed by atoms with Crippen LogP contribution in [0.25, 0.3) is 0 Å². The fourth-order valence-corrected chi connectivity index (χ4v) is 2.66. The predicted octanol–water partition coefficient (Wildman–Crippen LogP) is 1.35. The van der Waals surface area contributed by atoms with Crippen molar-refractivity contribution < 1.29 is 49.9 Å². The van der Waals surface area contributed by atoms with E-state index in [-0.39, 0.29) is 13.2 Å². The van der Waals surface area contributed by atoms with Gasteiger partial charge < -0.3 is 26.0 Å². The minimum Gasteiger partial charge on any atom is -0.370 e. The van der Waals surface area contributed by atoms with Crippen LogP contribution in [0.2, 0.25) is 0 Å². The topological polar surface area (TPSA) is 114 Å². The van der Waals surface area contributed by atoms with Crippen LogP contribution in [0.3, 0.4) is 0 Å².